The molecule has 94 valence electrons. The summed E-state index contributed by atoms with van der Waals surface area (Å²) in [6.45, 7) is 9.41. The third-order valence-electron chi connectivity index (χ3n) is 2.81. The van der Waals surface area contributed by atoms with Crippen molar-refractivity contribution in [3.8, 4) is 0 Å². The molecule has 17 heavy (non-hydrogen) atoms. The van der Waals surface area contributed by atoms with Gasteiger partial charge in [0.1, 0.15) is 0 Å². The molecule has 1 unspecified atom stereocenters. The Morgan fingerprint density at radius 1 is 1.41 bits per heavy atom. The predicted molar refractivity (Wildman–Crippen MR) is 74.1 cm³/mol. The first kappa shape index (κ1) is 13.9. The molecule has 0 bridgehead atoms. The minimum absolute atomic E-state index is 0.556. The minimum atomic E-state index is 0.556. The molecule has 1 rings (SSSR count). The molecule has 0 aliphatic heterocycles. The van der Waals surface area contributed by atoms with Gasteiger partial charge in [-0.15, -0.1) is 6.58 Å². The van der Waals surface area contributed by atoms with E-state index in [4.69, 9.17) is 0 Å². The van der Waals surface area contributed by atoms with Crippen molar-refractivity contribution in [1.82, 2.24) is 10.3 Å². The van der Waals surface area contributed by atoms with E-state index in [0.29, 0.717) is 6.04 Å². The molecule has 0 radical (unpaired) electrons. The molecule has 0 saturated heterocycles. The molecular formula is C15H24N2. The molecule has 0 spiro atoms. The lowest BCUT2D eigenvalue weighted by Crippen LogP contribution is -2.30. The maximum atomic E-state index is 4.04. The van der Waals surface area contributed by atoms with Crippen LogP contribution in [0.25, 0.3) is 0 Å². The number of hydrogen-bond donors (Lipinski definition) is 1. The van der Waals surface area contributed by atoms with Crippen molar-refractivity contribution in [2.75, 3.05) is 6.54 Å². The van der Waals surface area contributed by atoms with Crippen molar-refractivity contribution in [2.24, 2.45) is 0 Å². The fourth-order valence-electron chi connectivity index (χ4n) is 1.94. The zero-order valence-corrected chi connectivity index (χ0v) is 11.1. The van der Waals surface area contributed by atoms with E-state index in [0.717, 1.165) is 25.8 Å². The molecule has 1 atom stereocenters. The second-order valence-corrected chi connectivity index (χ2v) is 4.71. The van der Waals surface area contributed by atoms with Crippen molar-refractivity contribution in [3.63, 3.8) is 0 Å². The van der Waals surface area contributed by atoms with E-state index >= 15 is 0 Å². The van der Waals surface area contributed by atoms with Gasteiger partial charge < -0.3 is 5.32 Å². The number of nitrogens with zero attached hydrogens (tertiary/aromatic N) is 1. The van der Waals surface area contributed by atoms with Gasteiger partial charge in [0, 0.05) is 18.4 Å². The summed E-state index contributed by atoms with van der Waals surface area (Å²) in [5, 5.41) is 3.59. The summed E-state index contributed by atoms with van der Waals surface area (Å²) in [7, 11) is 0. The van der Waals surface area contributed by atoms with Crippen LogP contribution in [0, 0.1) is 0 Å². The quantitative estimate of drug-likeness (QED) is 0.695. The fraction of sp³-hybridized carbons (Fsp3) is 0.533. The van der Waals surface area contributed by atoms with Crippen LogP contribution in [0.4, 0.5) is 0 Å². The van der Waals surface area contributed by atoms with Gasteiger partial charge in [0.25, 0.3) is 0 Å². The second-order valence-electron chi connectivity index (χ2n) is 4.71. The summed E-state index contributed by atoms with van der Waals surface area (Å²) in [5.74, 6) is 0. The fourth-order valence-corrected chi connectivity index (χ4v) is 1.94. The average Bonchev–Trinajstić information content (AvgIpc) is 2.33. The summed E-state index contributed by atoms with van der Waals surface area (Å²) in [6, 6.07) is 4.75. The van der Waals surface area contributed by atoms with Crippen LogP contribution in [-0.4, -0.2) is 17.6 Å². The monoisotopic (exact) mass is 232 g/mol. The Bertz CT molecular complexity index is 319. The van der Waals surface area contributed by atoms with Gasteiger partial charge in [0.05, 0.1) is 0 Å². The third kappa shape index (κ3) is 6.22. The van der Waals surface area contributed by atoms with Gasteiger partial charge in [-0.1, -0.05) is 12.5 Å². The van der Waals surface area contributed by atoms with E-state index in [1.165, 1.54) is 17.6 Å². The Morgan fingerprint density at radius 2 is 2.12 bits per heavy atom. The molecule has 0 amide bonds. The highest BCUT2D eigenvalue weighted by Gasteiger charge is 2.07. The average molecular weight is 232 g/mol. The molecule has 1 N–H and O–H groups in total. The van der Waals surface area contributed by atoms with Gasteiger partial charge in [-0.2, -0.15) is 0 Å². The number of aromatic nitrogens is 1. The largest absolute Gasteiger partial charge is 0.314 e. The first-order chi connectivity index (χ1) is 8.22. The molecule has 0 aromatic carbocycles. The zero-order valence-electron chi connectivity index (χ0n) is 11.1. The summed E-state index contributed by atoms with van der Waals surface area (Å²) >= 11 is 0. The van der Waals surface area contributed by atoms with E-state index in [-0.39, 0.29) is 0 Å². The van der Waals surface area contributed by atoms with Crippen LogP contribution >= 0.6 is 0 Å². The number of rotatable bonds is 8. The molecular weight excluding hydrogens is 208 g/mol. The first-order valence-corrected chi connectivity index (χ1v) is 6.49. The van der Waals surface area contributed by atoms with Gasteiger partial charge in [-0.05, 0) is 56.8 Å². The first-order valence-electron chi connectivity index (χ1n) is 6.49. The number of hydrogen-bond acceptors (Lipinski definition) is 2. The lowest BCUT2D eigenvalue weighted by atomic mass is 10.0. The standard InChI is InChI=1S/C15H24N2/c1-4-9-17-15(12-13(2)3)6-5-14-7-10-16-11-8-14/h7-8,10-11,15,17H,2,4-6,9,12H2,1,3H3. The van der Waals surface area contributed by atoms with Crippen molar-refractivity contribution < 1.29 is 0 Å². The Balaban J connectivity index is 2.40. The summed E-state index contributed by atoms with van der Waals surface area (Å²) < 4.78 is 0. The van der Waals surface area contributed by atoms with Crippen LogP contribution in [0.5, 0.6) is 0 Å². The van der Waals surface area contributed by atoms with Crippen molar-refractivity contribution in [2.45, 2.75) is 45.6 Å². The summed E-state index contributed by atoms with van der Waals surface area (Å²) in [6.07, 6.45) is 8.26. The topological polar surface area (TPSA) is 24.9 Å². The van der Waals surface area contributed by atoms with Gasteiger partial charge in [0.15, 0.2) is 0 Å². The number of aryl methyl sites for hydroxylation is 1. The van der Waals surface area contributed by atoms with Crippen molar-refractivity contribution in [3.05, 3.63) is 42.2 Å². The summed E-state index contributed by atoms with van der Waals surface area (Å²) in [4.78, 5) is 4.04. The highest BCUT2D eigenvalue weighted by molar-refractivity contribution is 5.10. The van der Waals surface area contributed by atoms with E-state index < -0.39 is 0 Å². The molecule has 1 aromatic rings. The van der Waals surface area contributed by atoms with Crippen molar-refractivity contribution in [1.29, 1.82) is 0 Å². The number of pyridine rings is 1. The Morgan fingerprint density at radius 3 is 2.71 bits per heavy atom. The Kier molecular flexibility index (Phi) is 6.56. The second kappa shape index (κ2) is 8.02. The molecule has 2 nitrogen and oxygen atoms in total. The van der Waals surface area contributed by atoms with E-state index in [9.17, 15) is 0 Å². The molecule has 0 aliphatic rings. The Labute approximate surface area is 105 Å². The van der Waals surface area contributed by atoms with Crippen LogP contribution in [0.15, 0.2) is 36.7 Å². The lowest BCUT2D eigenvalue weighted by Gasteiger charge is -2.18. The van der Waals surface area contributed by atoms with Gasteiger partial charge in [-0.25, -0.2) is 0 Å². The third-order valence-corrected chi connectivity index (χ3v) is 2.81. The highest BCUT2D eigenvalue weighted by atomic mass is 14.9. The molecule has 0 saturated carbocycles. The smallest absolute Gasteiger partial charge is 0.0270 e. The van der Waals surface area contributed by atoms with E-state index in [1.807, 2.05) is 12.4 Å². The van der Waals surface area contributed by atoms with Crippen LogP contribution in [0.2, 0.25) is 0 Å². The molecule has 1 heterocycles. The van der Waals surface area contributed by atoms with E-state index in [2.05, 4.69) is 42.9 Å². The van der Waals surface area contributed by atoms with E-state index in [1.54, 1.807) is 0 Å². The molecule has 0 fully saturated rings. The van der Waals surface area contributed by atoms with Crippen LogP contribution in [-0.2, 0) is 6.42 Å². The SMILES string of the molecule is C=C(C)CC(CCc1ccncc1)NCCC. The van der Waals surface area contributed by atoms with Gasteiger partial charge >= 0.3 is 0 Å². The van der Waals surface area contributed by atoms with Crippen LogP contribution in [0.1, 0.15) is 38.7 Å². The molecule has 0 aliphatic carbocycles. The van der Waals surface area contributed by atoms with Crippen LogP contribution < -0.4 is 5.32 Å². The lowest BCUT2D eigenvalue weighted by molar-refractivity contribution is 0.476. The zero-order chi connectivity index (χ0) is 12.5. The number of nitrogens with one attached hydrogen (secondary N) is 1. The highest BCUT2D eigenvalue weighted by Crippen LogP contribution is 2.10. The van der Waals surface area contributed by atoms with Crippen molar-refractivity contribution >= 4 is 0 Å². The maximum absolute atomic E-state index is 4.04. The minimum Gasteiger partial charge on any atom is -0.314 e. The Hall–Kier alpha value is -1.15. The van der Waals surface area contributed by atoms with Gasteiger partial charge in [0.2, 0.25) is 0 Å². The van der Waals surface area contributed by atoms with Crippen LogP contribution in [0.3, 0.4) is 0 Å². The molecule has 1 aromatic heterocycles. The predicted octanol–water partition coefficient (Wildman–Crippen LogP) is 3.35. The van der Waals surface area contributed by atoms with Gasteiger partial charge in [-0.3, -0.25) is 4.98 Å². The normalized spacial score (nSPS) is 12.4. The summed E-state index contributed by atoms with van der Waals surface area (Å²) in [5.41, 5.74) is 2.62. The maximum Gasteiger partial charge on any atom is 0.0270 e. The molecule has 2 heteroatoms.